The number of amides is 1. The summed E-state index contributed by atoms with van der Waals surface area (Å²) < 4.78 is 0. The van der Waals surface area contributed by atoms with Gasteiger partial charge >= 0.3 is 0 Å². The van der Waals surface area contributed by atoms with Crippen molar-refractivity contribution in [1.29, 1.82) is 0 Å². The molecular weight excluding hydrogens is 210 g/mol. The number of nitrogens with zero attached hydrogens (tertiary/aromatic N) is 1. The van der Waals surface area contributed by atoms with Crippen molar-refractivity contribution < 1.29 is 9.90 Å². The van der Waals surface area contributed by atoms with Gasteiger partial charge in [0.15, 0.2) is 0 Å². The van der Waals surface area contributed by atoms with Crippen LogP contribution in [-0.4, -0.2) is 47.1 Å². The summed E-state index contributed by atoms with van der Waals surface area (Å²) in [5.41, 5.74) is 0. The molecule has 0 aromatic heterocycles. The minimum absolute atomic E-state index is 0.278. The fraction of sp³-hybridized carbons (Fsp3) is 0.909. The summed E-state index contributed by atoms with van der Waals surface area (Å²) in [4.78, 5) is 14.0. The Kier molecular flexibility index (Phi) is 3.92. The minimum Gasteiger partial charge on any atom is -0.396 e. The molecule has 0 radical (unpaired) electrons. The van der Waals surface area contributed by atoms with Crippen molar-refractivity contribution in [3.8, 4) is 0 Å². The Morgan fingerprint density at radius 1 is 1.33 bits per heavy atom. The van der Waals surface area contributed by atoms with E-state index < -0.39 is 0 Å². The second-order valence-electron chi connectivity index (χ2n) is 4.51. The summed E-state index contributed by atoms with van der Waals surface area (Å²) in [5, 5.41) is 9.02. The number of hydrogen-bond acceptors (Lipinski definition) is 3. The van der Waals surface area contributed by atoms with Crippen molar-refractivity contribution in [1.82, 2.24) is 4.90 Å². The molecule has 1 atom stereocenters. The highest BCUT2D eigenvalue weighted by Gasteiger charge is 2.29. The van der Waals surface area contributed by atoms with Crippen molar-refractivity contribution in [2.45, 2.75) is 19.3 Å². The molecule has 0 aromatic carbocycles. The summed E-state index contributed by atoms with van der Waals surface area (Å²) in [6, 6.07) is 0. The first-order valence-electron chi connectivity index (χ1n) is 5.78. The molecule has 2 saturated heterocycles. The molecule has 0 saturated carbocycles. The first-order valence-corrected chi connectivity index (χ1v) is 6.94. The Hall–Kier alpha value is -0.220. The Morgan fingerprint density at radius 2 is 2.07 bits per heavy atom. The number of thioether (sulfide) groups is 1. The monoisotopic (exact) mass is 229 g/mol. The molecule has 0 aliphatic carbocycles. The first kappa shape index (κ1) is 11.3. The zero-order valence-electron chi connectivity index (χ0n) is 9.02. The summed E-state index contributed by atoms with van der Waals surface area (Å²) in [7, 11) is 0. The highest BCUT2D eigenvalue weighted by Crippen LogP contribution is 2.27. The number of hydrogen-bond donors (Lipinski definition) is 1. The topological polar surface area (TPSA) is 40.5 Å². The van der Waals surface area contributed by atoms with Gasteiger partial charge in [0, 0.05) is 31.4 Å². The lowest BCUT2D eigenvalue weighted by Gasteiger charge is -2.32. The fourth-order valence-electron chi connectivity index (χ4n) is 2.32. The van der Waals surface area contributed by atoms with Crippen LogP contribution in [-0.2, 0) is 4.79 Å². The van der Waals surface area contributed by atoms with Crippen molar-refractivity contribution in [3.63, 3.8) is 0 Å². The summed E-state index contributed by atoms with van der Waals surface area (Å²) in [6.45, 7) is 1.98. The summed E-state index contributed by atoms with van der Waals surface area (Å²) in [5.74, 6) is 3.21. The molecule has 86 valence electrons. The van der Waals surface area contributed by atoms with Crippen molar-refractivity contribution in [3.05, 3.63) is 0 Å². The first-order chi connectivity index (χ1) is 7.31. The quantitative estimate of drug-likeness (QED) is 0.767. The van der Waals surface area contributed by atoms with E-state index in [1.54, 1.807) is 0 Å². The van der Waals surface area contributed by atoms with Crippen molar-refractivity contribution in [2.75, 3.05) is 31.2 Å². The van der Waals surface area contributed by atoms with Crippen LogP contribution in [0, 0.1) is 11.8 Å². The van der Waals surface area contributed by atoms with Crippen molar-refractivity contribution in [2.24, 2.45) is 11.8 Å². The molecule has 2 rings (SSSR count). The van der Waals surface area contributed by atoms with Crippen LogP contribution >= 0.6 is 11.8 Å². The molecule has 15 heavy (non-hydrogen) atoms. The van der Waals surface area contributed by atoms with Crippen LogP contribution in [0.1, 0.15) is 19.3 Å². The lowest BCUT2D eigenvalue weighted by atomic mass is 9.96. The smallest absolute Gasteiger partial charge is 0.226 e. The Bertz CT molecular complexity index is 221. The van der Waals surface area contributed by atoms with E-state index in [0.717, 1.165) is 43.9 Å². The van der Waals surface area contributed by atoms with Crippen LogP contribution in [0.5, 0.6) is 0 Å². The maximum atomic E-state index is 12.0. The average molecular weight is 229 g/mol. The van der Waals surface area contributed by atoms with E-state index in [9.17, 15) is 4.79 Å². The second kappa shape index (κ2) is 5.21. The number of aliphatic hydroxyl groups excluding tert-OH is 1. The van der Waals surface area contributed by atoms with Gasteiger partial charge in [-0.15, -0.1) is 0 Å². The molecule has 0 aromatic rings. The molecule has 0 spiro atoms. The molecule has 0 bridgehead atoms. The van der Waals surface area contributed by atoms with Gasteiger partial charge in [-0.1, -0.05) is 0 Å². The third-order valence-corrected chi connectivity index (χ3v) is 4.63. The number of likely N-dealkylation sites (tertiary alicyclic amines) is 1. The van der Waals surface area contributed by atoms with Crippen LogP contribution in [0.15, 0.2) is 0 Å². The molecule has 3 nitrogen and oxygen atoms in total. The molecule has 2 fully saturated rings. The van der Waals surface area contributed by atoms with Gasteiger partial charge in [0.1, 0.15) is 0 Å². The standard InChI is InChI=1S/C11H19NO2S/c13-7-9-1-4-12(5-2-9)11(14)10-3-6-15-8-10/h9-10,13H,1-8H2. The number of carbonyl (C=O) groups is 1. The third-order valence-electron chi connectivity index (χ3n) is 3.46. The molecule has 1 N–H and O–H groups in total. The molecule has 2 aliphatic heterocycles. The van der Waals surface area contributed by atoms with E-state index in [4.69, 9.17) is 5.11 Å². The number of carbonyl (C=O) groups excluding carboxylic acids is 1. The number of rotatable bonds is 2. The van der Waals surface area contributed by atoms with Crippen LogP contribution in [0.25, 0.3) is 0 Å². The van der Waals surface area contributed by atoms with Gasteiger partial charge in [0.05, 0.1) is 0 Å². The third kappa shape index (κ3) is 2.67. The molecular formula is C11H19NO2S. The lowest BCUT2D eigenvalue weighted by molar-refractivity contribution is -0.136. The average Bonchev–Trinajstić information content (AvgIpc) is 2.82. The Balaban J connectivity index is 1.81. The van der Waals surface area contributed by atoms with E-state index >= 15 is 0 Å². The maximum absolute atomic E-state index is 12.0. The van der Waals surface area contributed by atoms with Crippen LogP contribution in [0.2, 0.25) is 0 Å². The number of aliphatic hydroxyl groups is 1. The predicted octanol–water partition coefficient (Wildman–Crippen LogP) is 0.970. The molecule has 1 unspecified atom stereocenters. The van der Waals surface area contributed by atoms with E-state index in [1.165, 1.54) is 0 Å². The lowest BCUT2D eigenvalue weighted by Crippen LogP contribution is -2.42. The largest absolute Gasteiger partial charge is 0.396 e. The normalized spacial score (nSPS) is 28.3. The van der Waals surface area contributed by atoms with Gasteiger partial charge < -0.3 is 10.0 Å². The molecule has 1 amide bonds. The molecule has 4 heteroatoms. The fourth-order valence-corrected chi connectivity index (χ4v) is 3.54. The van der Waals surface area contributed by atoms with Crippen LogP contribution in [0.3, 0.4) is 0 Å². The maximum Gasteiger partial charge on any atom is 0.226 e. The SMILES string of the molecule is O=C(C1CCSC1)N1CCC(CO)CC1. The summed E-state index contributed by atoms with van der Waals surface area (Å²) >= 11 is 1.89. The van der Waals surface area contributed by atoms with Crippen LogP contribution < -0.4 is 0 Å². The molecule has 2 heterocycles. The van der Waals surface area contributed by atoms with Gasteiger partial charge in [0.2, 0.25) is 5.91 Å². The van der Waals surface area contributed by atoms with E-state index in [0.29, 0.717) is 11.8 Å². The van der Waals surface area contributed by atoms with E-state index in [-0.39, 0.29) is 12.5 Å². The Morgan fingerprint density at radius 3 is 2.60 bits per heavy atom. The predicted molar refractivity (Wildman–Crippen MR) is 61.8 cm³/mol. The van der Waals surface area contributed by atoms with Gasteiger partial charge in [-0.25, -0.2) is 0 Å². The van der Waals surface area contributed by atoms with E-state index in [2.05, 4.69) is 0 Å². The second-order valence-corrected chi connectivity index (χ2v) is 5.66. The van der Waals surface area contributed by atoms with Gasteiger partial charge in [0.25, 0.3) is 0 Å². The van der Waals surface area contributed by atoms with Gasteiger partial charge in [-0.2, -0.15) is 11.8 Å². The molecule has 2 aliphatic rings. The number of piperidine rings is 1. The van der Waals surface area contributed by atoms with Gasteiger partial charge in [-0.3, -0.25) is 4.79 Å². The zero-order chi connectivity index (χ0) is 10.7. The Labute approximate surface area is 95.2 Å². The highest BCUT2D eigenvalue weighted by molar-refractivity contribution is 7.99. The van der Waals surface area contributed by atoms with E-state index in [1.807, 2.05) is 16.7 Å². The summed E-state index contributed by atoms with van der Waals surface area (Å²) in [6.07, 6.45) is 3.01. The zero-order valence-corrected chi connectivity index (χ0v) is 9.84. The van der Waals surface area contributed by atoms with Crippen LogP contribution in [0.4, 0.5) is 0 Å². The van der Waals surface area contributed by atoms with Gasteiger partial charge in [-0.05, 0) is 30.9 Å². The minimum atomic E-state index is 0.278. The highest BCUT2D eigenvalue weighted by atomic mass is 32.2. The van der Waals surface area contributed by atoms with Crippen molar-refractivity contribution >= 4 is 17.7 Å².